The zero-order valence-electron chi connectivity index (χ0n) is 65.8. The van der Waals surface area contributed by atoms with E-state index < -0.39 is 0 Å². The Morgan fingerprint density at radius 3 is 0.843 bits per heavy atom. The third-order valence-corrected chi connectivity index (χ3v) is 30.0. The number of amides is 2. The van der Waals surface area contributed by atoms with Crippen LogP contribution in [0.1, 0.15) is 295 Å². The van der Waals surface area contributed by atoms with Crippen molar-refractivity contribution < 1.29 is 9.59 Å². The quantitative estimate of drug-likeness (QED) is 0.0356. The van der Waals surface area contributed by atoms with Gasteiger partial charge in [0.25, 0.3) is 11.8 Å². The van der Waals surface area contributed by atoms with Gasteiger partial charge in [-0.1, -0.05) is 332 Å². The van der Waals surface area contributed by atoms with Crippen molar-refractivity contribution in [2.75, 3.05) is 13.1 Å². The number of unbranched alkanes of at least 4 members (excludes halogenated alkanes) is 32. The minimum absolute atomic E-state index is 0.0469. The second-order valence-corrected chi connectivity index (χ2v) is 37.7. The largest absolute Gasteiger partial charge is 0.304 e. The minimum atomic E-state index is -0.0469. The average Bonchev–Trinajstić information content (AvgIpc) is 1.55. The van der Waals surface area contributed by atoms with Crippen LogP contribution in [0.25, 0.3) is 92.8 Å². The average molecular weight is 1560 g/mol. The molecule has 0 N–H and O–H groups in total. The molecule has 4 aromatic carbocycles. The summed E-state index contributed by atoms with van der Waals surface area (Å²) in [5.41, 5.74) is 5.02. The van der Waals surface area contributed by atoms with E-state index in [1.165, 1.54) is 267 Å². The fourth-order valence-electron chi connectivity index (χ4n) is 16.5. The molecule has 12 heteroatoms. The summed E-state index contributed by atoms with van der Waals surface area (Å²) < 4.78 is 0. The maximum Gasteiger partial charge on any atom is 0.261 e. The Labute approximate surface area is 673 Å². The van der Waals surface area contributed by atoms with E-state index in [0.29, 0.717) is 36.1 Å². The van der Waals surface area contributed by atoms with Gasteiger partial charge in [-0.15, -0.1) is 68.0 Å². The predicted octanol–water partition coefficient (Wildman–Crippen LogP) is 31.9. The molecule has 108 heavy (non-hydrogen) atoms. The number of hydrogen-bond donors (Lipinski definition) is 0. The summed E-state index contributed by atoms with van der Waals surface area (Å²) in [5, 5.41) is 6.53. The van der Waals surface area contributed by atoms with Crippen LogP contribution in [0.5, 0.6) is 0 Å². The van der Waals surface area contributed by atoms with E-state index in [9.17, 15) is 0 Å². The molecule has 10 aromatic rings. The summed E-state index contributed by atoms with van der Waals surface area (Å²) in [6.45, 7) is 10.4. The summed E-state index contributed by atoms with van der Waals surface area (Å²) in [6.07, 6.45) is 54.7. The van der Waals surface area contributed by atoms with Gasteiger partial charge in [-0.2, -0.15) is 0 Å². The third-order valence-electron chi connectivity index (χ3n) is 22.8. The number of thiazole rings is 2. The molecule has 2 amide bonds. The second-order valence-electron chi connectivity index (χ2n) is 31.3. The highest BCUT2D eigenvalue weighted by molar-refractivity contribution is 7.28. The molecule has 2 unspecified atom stereocenters. The normalized spacial score (nSPS) is 13.9. The Bertz CT molecular complexity index is 4170. The first-order valence-electron chi connectivity index (χ1n) is 42.7. The zero-order chi connectivity index (χ0) is 74.5. The molecule has 2 atom stereocenters. The van der Waals surface area contributed by atoms with Crippen molar-refractivity contribution in [3.63, 3.8) is 0 Å². The number of thiophene rings is 4. The molecule has 12 rings (SSSR count). The van der Waals surface area contributed by atoms with Gasteiger partial charge in [-0.05, 0) is 131 Å². The minimum Gasteiger partial charge on any atom is -0.304 e. The van der Waals surface area contributed by atoms with Crippen molar-refractivity contribution in [3.8, 4) is 59.9 Å². The lowest BCUT2D eigenvalue weighted by molar-refractivity contribution is -0.124. The summed E-state index contributed by atoms with van der Waals surface area (Å²) in [6, 6.07) is 48.9. The van der Waals surface area contributed by atoms with E-state index in [2.05, 4.69) is 171 Å². The van der Waals surface area contributed by atoms with Crippen molar-refractivity contribution >= 4 is 113 Å². The molecule has 0 fully saturated rings. The second kappa shape index (κ2) is 43.6. The number of rotatable bonds is 52. The van der Waals surface area contributed by atoms with E-state index >= 15 is 9.59 Å². The van der Waals surface area contributed by atoms with E-state index in [-0.39, 0.29) is 11.8 Å². The maximum atomic E-state index is 16.6. The standard InChI is InChI=1S/C96H122N4O2S6/c1-5-9-13-17-21-25-27-31-35-39-47-71(45-37-33-29-23-19-15-11-7-3)69-99-91(93-97-67-87(107-93)85-63-61-83(105-85)81-59-57-79(103-81)77-55-53-73-49-41-43-51-75(73)65-77)89-90(95(99)101)92(100(96(89)102)70-72(46-38-34-30-24-20-16-12-8-4)48-40-36-32-28-26-22-18-14-10-6-2)94-98-68-88(108-94)86-64-62-84(106-86)82-60-58-80(104-82)78-56-54-74-50-42-44-52-76(74)66-78/h41-44,49-68,71-72H,5-40,45-48,69-70H2,1-4H3. The molecule has 0 aliphatic carbocycles. The lowest BCUT2D eigenvalue weighted by atomic mass is 9.93. The zero-order valence-corrected chi connectivity index (χ0v) is 70.7. The first-order chi connectivity index (χ1) is 53.3. The van der Waals surface area contributed by atoms with Crippen LogP contribution in [0, 0.1) is 11.8 Å². The number of nitrogens with zero attached hydrogens (tertiary/aromatic N) is 4. The Kier molecular flexibility index (Phi) is 32.9. The highest BCUT2D eigenvalue weighted by Crippen LogP contribution is 2.52. The number of benzene rings is 4. The summed E-state index contributed by atoms with van der Waals surface area (Å²) in [4.78, 5) is 60.1. The third kappa shape index (κ3) is 22.6. The Balaban J connectivity index is 0.888. The summed E-state index contributed by atoms with van der Waals surface area (Å²) in [7, 11) is 0. The van der Waals surface area contributed by atoms with Gasteiger partial charge in [0.05, 0.1) is 32.3 Å². The molecule has 6 nitrogen and oxygen atoms in total. The molecule has 0 spiro atoms. The van der Waals surface area contributed by atoms with Crippen molar-refractivity contribution in [2.45, 2.75) is 285 Å². The SMILES string of the molecule is CCCCCCCCCCCCC(CCCCCCCCCC)CN1C(=O)C2=C(c3ncc(-c4ccc(-c5ccc(-c6ccc7ccccc7c6)s5)s4)s3)N(CC(CCCCCCCCCC)CCCCCCCCCCCC)C(=O)C2=C1c1ncc(-c2ccc(-c3ccc(-c4ccc5ccccc5c4)s3)s2)s1. The first-order valence-corrected chi connectivity index (χ1v) is 47.6. The van der Waals surface area contributed by atoms with Gasteiger partial charge in [-0.25, -0.2) is 9.97 Å². The highest BCUT2D eigenvalue weighted by atomic mass is 32.1. The first kappa shape index (κ1) is 81.4. The molecule has 0 saturated carbocycles. The van der Waals surface area contributed by atoms with Gasteiger partial charge in [0.2, 0.25) is 0 Å². The van der Waals surface area contributed by atoms with E-state index in [4.69, 9.17) is 9.97 Å². The van der Waals surface area contributed by atoms with Crippen LogP contribution in [-0.2, 0) is 9.59 Å². The molecular weight excluding hydrogens is 1430 g/mol. The number of hydrogen-bond acceptors (Lipinski definition) is 10. The van der Waals surface area contributed by atoms with Gasteiger partial charge in [0, 0.05) is 64.5 Å². The van der Waals surface area contributed by atoms with Gasteiger partial charge in [-0.3, -0.25) is 9.59 Å². The molecule has 6 aromatic heterocycles. The molecular formula is C96H122N4O2S6. The number of aromatic nitrogens is 2. The Hall–Kier alpha value is -6.12. The molecule has 0 bridgehead atoms. The predicted molar refractivity (Wildman–Crippen MR) is 475 cm³/mol. The van der Waals surface area contributed by atoms with E-state index in [0.717, 1.165) is 92.3 Å². The smallest absolute Gasteiger partial charge is 0.261 e. The van der Waals surface area contributed by atoms with Gasteiger partial charge >= 0.3 is 0 Å². The van der Waals surface area contributed by atoms with Crippen LogP contribution in [0.2, 0.25) is 0 Å². The molecule has 0 radical (unpaired) electrons. The molecule has 8 heterocycles. The number of carbonyl (C=O) groups excluding carboxylic acids is 2. The molecule has 2 aliphatic heterocycles. The lowest BCUT2D eigenvalue weighted by Gasteiger charge is -2.29. The monoisotopic (exact) mass is 1550 g/mol. The maximum absolute atomic E-state index is 16.6. The van der Waals surface area contributed by atoms with Gasteiger partial charge in [0.15, 0.2) is 0 Å². The molecule has 0 saturated heterocycles. The van der Waals surface area contributed by atoms with Crippen LogP contribution < -0.4 is 0 Å². The Morgan fingerprint density at radius 1 is 0.278 bits per heavy atom. The van der Waals surface area contributed by atoms with Crippen molar-refractivity contribution in [3.05, 3.63) is 167 Å². The number of fused-ring (bicyclic) bond motifs is 3. The van der Waals surface area contributed by atoms with Crippen LogP contribution in [0.15, 0.2) is 157 Å². The van der Waals surface area contributed by atoms with E-state index in [1.807, 2.05) is 35.1 Å². The summed E-state index contributed by atoms with van der Waals surface area (Å²) in [5.74, 6) is 0.491. The Morgan fingerprint density at radius 2 is 0.537 bits per heavy atom. The van der Waals surface area contributed by atoms with Crippen molar-refractivity contribution in [1.29, 1.82) is 0 Å². The molecule has 2 aliphatic rings. The van der Waals surface area contributed by atoms with Crippen LogP contribution in [0.4, 0.5) is 0 Å². The number of carbonyl (C=O) groups is 2. The van der Waals surface area contributed by atoms with Crippen LogP contribution in [-0.4, -0.2) is 44.7 Å². The van der Waals surface area contributed by atoms with Crippen LogP contribution in [0.3, 0.4) is 0 Å². The topological polar surface area (TPSA) is 66.4 Å². The fourth-order valence-corrected chi connectivity index (χ4v) is 22.8. The fraction of sp³-hybridized carbons (Fsp3) is 0.500. The van der Waals surface area contributed by atoms with Crippen LogP contribution >= 0.6 is 68.0 Å². The van der Waals surface area contributed by atoms with Crippen molar-refractivity contribution in [2.24, 2.45) is 11.8 Å². The highest BCUT2D eigenvalue weighted by Gasteiger charge is 2.51. The van der Waals surface area contributed by atoms with Gasteiger partial charge in [0.1, 0.15) is 10.0 Å². The lowest BCUT2D eigenvalue weighted by Crippen LogP contribution is -2.35. The summed E-state index contributed by atoms with van der Waals surface area (Å²) >= 11 is 10.6. The van der Waals surface area contributed by atoms with Gasteiger partial charge < -0.3 is 9.80 Å². The molecule has 574 valence electrons. The van der Waals surface area contributed by atoms with E-state index in [1.54, 1.807) is 45.3 Å². The van der Waals surface area contributed by atoms with Crippen molar-refractivity contribution in [1.82, 2.24) is 19.8 Å².